The molecule has 9 heteroatoms. The number of carbonyl (C=O) groups is 2. The van der Waals surface area contributed by atoms with E-state index >= 15 is 0 Å². The zero-order valence-electron chi connectivity index (χ0n) is 14.5. The number of fused-ring (bicyclic) bond motifs is 1. The van der Waals surface area contributed by atoms with Gasteiger partial charge in [0.2, 0.25) is 0 Å². The van der Waals surface area contributed by atoms with Gasteiger partial charge in [-0.25, -0.2) is 14.3 Å². The van der Waals surface area contributed by atoms with Crippen LogP contribution in [0.1, 0.15) is 0 Å². The van der Waals surface area contributed by atoms with Gasteiger partial charge in [0.25, 0.3) is 11.8 Å². The van der Waals surface area contributed by atoms with E-state index in [0.29, 0.717) is 17.2 Å². The first-order chi connectivity index (χ1) is 13.0. The van der Waals surface area contributed by atoms with Crippen LogP contribution in [0.2, 0.25) is 0 Å². The van der Waals surface area contributed by atoms with Gasteiger partial charge in [-0.15, -0.1) is 0 Å². The lowest BCUT2D eigenvalue weighted by Gasteiger charge is -2.21. The fourth-order valence-electron chi connectivity index (χ4n) is 3.17. The molecule has 2 aliphatic rings. The Morgan fingerprint density at radius 1 is 0.963 bits per heavy atom. The molecule has 4 rings (SSSR count). The highest BCUT2D eigenvalue weighted by Crippen LogP contribution is 2.37. The van der Waals surface area contributed by atoms with Gasteiger partial charge in [-0.05, 0) is 18.2 Å². The molecule has 0 bridgehead atoms. The minimum atomic E-state index is -0.988. The van der Waals surface area contributed by atoms with E-state index in [9.17, 15) is 14.0 Å². The number of methoxy groups -OCH3 is 2. The zero-order valence-corrected chi connectivity index (χ0v) is 14.5. The molecule has 2 aromatic carbocycles. The molecule has 8 nitrogen and oxygen atoms in total. The van der Waals surface area contributed by atoms with Crippen molar-refractivity contribution < 1.29 is 23.5 Å². The van der Waals surface area contributed by atoms with E-state index < -0.39 is 29.7 Å². The quantitative estimate of drug-likeness (QED) is 0.772. The maximum atomic E-state index is 13.5. The molecule has 2 aliphatic heterocycles. The average Bonchev–Trinajstić information content (AvgIpc) is 3.21. The van der Waals surface area contributed by atoms with Crippen LogP contribution < -0.4 is 19.4 Å². The van der Waals surface area contributed by atoms with E-state index in [4.69, 9.17) is 9.47 Å². The number of hydrogen-bond acceptors (Lipinski definition) is 7. The second-order valence-electron chi connectivity index (χ2n) is 6.00. The maximum absolute atomic E-state index is 13.5. The molecule has 0 aromatic heterocycles. The second kappa shape index (κ2) is 6.35. The monoisotopic (exact) mass is 370 g/mol. The molecule has 2 aromatic rings. The first kappa shape index (κ1) is 17.0. The molecule has 0 spiro atoms. The maximum Gasteiger partial charge on any atom is 0.263 e. The van der Waals surface area contributed by atoms with E-state index in [1.54, 1.807) is 18.2 Å². The van der Waals surface area contributed by atoms with Crippen LogP contribution in [0.5, 0.6) is 11.5 Å². The van der Waals surface area contributed by atoms with Gasteiger partial charge in [0, 0.05) is 18.2 Å². The highest BCUT2D eigenvalue weighted by atomic mass is 19.1. The molecule has 2 amide bonds. The standard InChI is InChI=1S/C18H15FN4O4/c1-26-13-7-12(8-14(9-13)27-2)23-16-15(20-21-23)17(24)22(18(16)25)11-5-3-4-10(19)6-11/h3-9,15-16H,1-2H3/t15-,16+/m1/s1. The van der Waals surface area contributed by atoms with E-state index in [1.807, 2.05) is 0 Å². The number of nitrogens with zero attached hydrogens (tertiary/aromatic N) is 4. The van der Waals surface area contributed by atoms with Crippen molar-refractivity contribution in [1.82, 2.24) is 0 Å². The second-order valence-corrected chi connectivity index (χ2v) is 6.00. The molecule has 0 N–H and O–H groups in total. The van der Waals surface area contributed by atoms with Gasteiger partial charge in [-0.1, -0.05) is 11.3 Å². The van der Waals surface area contributed by atoms with Crippen molar-refractivity contribution in [2.24, 2.45) is 10.3 Å². The van der Waals surface area contributed by atoms with Gasteiger partial charge in [-0.2, -0.15) is 5.11 Å². The summed E-state index contributed by atoms with van der Waals surface area (Å²) in [5.41, 5.74) is 0.655. The molecule has 1 saturated heterocycles. The summed E-state index contributed by atoms with van der Waals surface area (Å²) in [5.74, 6) is -0.608. The molecule has 2 heterocycles. The average molecular weight is 370 g/mol. The third-order valence-electron chi connectivity index (χ3n) is 4.45. The van der Waals surface area contributed by atoms with Gasteiger partial charge in [0.15, 0.2) is 12.1 Å². The van der Waals surface area contributed by atoms with Crippen LogP contribution in [0, 0.1) is 5.82 Å². The van der Waals surface area contributed by atoms with Crippen molar-refractivity contribution in [3.05, 3.63) is 48.3 Å². The molecule has 138 valence electrons. The molecule has 27 heavy (non-hydrogen) atoms. The molecule has 2 atom stereocenters. The molecule has 0 saturated carbocycles. The summed E-state index contributed by atoms with van der Waals surface area (Å²) in [4.78, 5) is 26.6. The molecule has 0 unspecified atom stereocenters. The smallest absolute Gasteiger partial charge is 0.263 e. The number of ether oxygens (including phenoxy) is 2. The number of anilines is 2. The number of halogens is 1. The van der Waals surface area contributed by atoms with E-state index in [0.717, 1.165) is 11.0 Å². The normalized spacial score (nSPS) is 21.0. The van der Waals surface area contributed by atoms with Crippen LogP contribution in [-0.2, 0) is 9.59 Å². The van der Waals surface area contributed by atoms with Crippen LogP contribution in [0.4, 0.5) is 15.8 Å². The van der Waals surface area contributed by atoms with Crippen molar-refractivity contribution in [1.29, 1.82) is 0 Å². The number of imide groups is 1. The third kappa shape index (κ3) is 2.67. The number of hydrogen-bond donors (Lipinski definition) is 0. The molecule has 0 radical (unpaired) electrons. The number of carbonyl (C=O) groups excluding carboxylic acids is 2. The Bertz CT molecular complexity index is 942. The van der Waals surface area contributed by atoms with Crippen molar-refractivity contribution in [2.45, 2.75) is 12.1 Å². The van der Waals surface area contributed by atoms with Gasteiger partial charge < -0.3 is 9.47 Å². The predicted molar refractivity (Wildman–Crippen MR) is 93.4 cm³/mol. The molecule has 0 aliphatic carbocycles. The molecular weight excluding hydrogens is 355 g/mol. The van der Waals surface area contributed by atoms with Crippen molar-refractivity contribution >= 4 is 23.2 Å². The lowest BCUT2D eigenvalue weighted by Crippen LogP contribution is -2.40. The Morgan fingerprint density at radius 3 is 2.30 bits per heavy atom. The third-order valence-corrected chi connectivity index (χ3v) is 4.45. The fourth-order valence-corrected chi connectivity index (χ4v) is 3.17. The first-order valence-corrected chi connectivity index (χ1v) is 8.10. The van der Waals surface area contributed by atoms with Gasteiger partial charge in [0.1, 0.15) is 17.3 Å². The molecular formula is C18H15FN4O4. The van der Waals surface area contributed by atoms with Gasteiger partial charge in [0.05, 0.1) is 25.6 Å². The van der Waals surface area contributed by atoms with Gasteiger partial charge in [-0.3, -0.25) is 9.59 Å². The lowest BCUT2D eigenvalue weighted by molar-refractivity contribution is -0.121. The topological polar surface area (TPSA) is 83.8 Å². The highest BCUT2D eigenvalue weighted by molar-refractivity contribution is 6.26. The fraction of sp³-hybridized carbons (Fsp3) is 0.222. The summed E-state index contributed by atoms with van der Waals surface area (Å²) in [7, 11) is 3.01. The number of rotatable bonds is 4. The van der Waals surface area contributed by atoms with Gasteiger partial charge >= 0.3 is 0 Å². The Kier molecular flexibility index (Phi) is 3.98. The Labute approximate surface area is 153 Å². The summed E-state index contributed by atoms with van der Waals surface area (Å²) in [6.45, 7) is 0. The van der Waals surface area contributed by atoms with Crippen LogP contribution in [0.25, 0.3) is 0 Å². The van der Waals surface area contributed by atoms with Crippen LogP contribution in [-0.4, -0.2) is 38.1 Å². The predicted octanol–water partition coefficient (Wildman–Crippen LogP) is 2.34. The Morgan fingerprint density at radius 2 is 1.67 bits per heavy atom. The Balaban J connectivity index is 1.72. The van der Waals surface area contributed by atoms with E-state index in [2.05, 4.69) is 10.3 Å². The zero-order chi connectivity index (χ0) is 19.1. The lowest BCUT2D eigenvalue weighted by atomic mass is 10.1. The summed E-state index contributed by atoms with van der Waals surface area (Å²) < 4.78 is 24.0. The minimum absolute atomic E-state index is 0.165. The van der Waals surface area contributed by atoms with E-state index in [1.165, 1.54) is 37.4 Å². The van der Waals surface area contributed by atoms with Crippen LogP contribution in [0.3, 0.4) is 0 Å². The van der Waals surface area contributed by atoms with E-state index in [-0.39, 0.29) is 5.69 Å². The summed E-state index contributed by atoms with van der Waals surface area (Å²) in [6.07, 6.45) is 0. The van der Waals surface area contributed by atoms with Crippen molar-refractivity contribution in [2.75, 3.05) is 24.1 Å². The van der Waals surface area contributed by atoms with Crippen LogP contribution in [0.15, 0.2) is 52.8 Å². The summed E-state index contributed by atoms with van der Waals surface area (Å²) in [6, 6.07) is 8.36. The number of amides is 2. The highest BCUT2D eigenvalue weighted by Gasteiger charge is 2.55. The molecule has 1 fully saturated rings. The minimum Gasteiger partial charge on any atom is -0.497 e. The van der Waals surface area contributed by atoms with Crippen molar-refractivity contribution in [3.63, 3.8) is 0 Å². The summed E-state index contributed by atoms with van der Waals surface area (Å²) in [5, 5.41) is 9.31. The summed E-state index contributed by atoms with van der Waals surface area (Å²) >= 11 is 0. The SMILES string of the molecule is COc1cc(OC)cc(N2N=N[C@H]3C(=O)N(c4cccc(F)c4)C(=O)[C@H]32)c1. The largest absolute Gasteiger partial charge is 0.497 e. The Hall–Kier alpha value is -3.49. The number of benzene rings is 2. The van der Waals surface area contributed by atoms with Crippen LogP contribution >= 0.6 is 0 Å². The van der Waals surface area contributed by atoms with Crippen molar-refractivity contribution in [3.8, 4) is 11.5 Å². The first-order valence-electron chi connectivity index (χ1n) is 8.10.